The van der Waals surface area contributed by atoms with E-state index in [0.717, 1.165) is 18.7 Å². The van der Waals surface area contributed by atoms with E-state index in [0.29, 0.717) is 17.6 Å². The standard InChI is InChI=1S/C12H19N5/c1-3-9-5-4-8(2)17(9)12-10(11(13)14)6-7-15-16-12/h6-9H,3-5H2,1-2H3,(H3,13,14). The fourth-order valence-electron chi connectivity index (χ4n) is 2.58. The lowest BCUT2D eigenvalue weighted by Gasteiger charge is -2.29. The van der Waals surface area contributed by atoms with Crippen molar-refractivity contribution in [1.82, 2.24) is 10.2 Å². The van der Waals surface area contributed by atoms with Gasteiger partial charge in [0.25, 0.3) is 0 Å². The molecular formula is C12H19N5. The molecule has 0 amide bonds. The minimum absolute atomic E-state index is 0.0591. The fourth-order valence-corrected chi connectivity index (χ4v) is 2.58. The van der Waals surface area contributed by atoms with Crippen LogP contribution in [0, 0.1) is 5.41 Å². The summed E-state index contributed by atoms with van der Waals surface area (Å²) in [5, 5.41) is 15.7. The zero-order valence-electron chi connectivity index (χ0n) is 10.3. The summed E-state index contributed by atoms with van der Waals surface area (Å²) >= 11 is 0. The minimum Gasteiger partial charge on any atom is -0.384 e. The average molecular weight is 233 g/mol. The van der Waals surface area contributed by atoms with Crippen LogP contribution in [0.3, 0.4) is 0 Å². The van der Waals surface area contributed by atoms with Gasteiger partial charge in [0, 0.05) is 12.1 Å². The molecule has 1 aliphatic rings. The van der Waals surface area contributed by atoms with Crippen molar-refractivity contribution in [3.8, 4) is 0 Å². The average Bonchev–Trinajstić information content (AvgIpc) is 2.70. The minimum atomic E-state index is 0.0591. The highest BCUT2D eigenvalue weighted by atomic mass is 15.3. The second-order valence-electron chi connectivity index (χ2n) is 4.58. The molecule has 92 valence electrons. The topological polar surface area (TPSA) is 78.9 Å². The Morgan fingerprint density at radius 1 is 1.59 bits per heavy atom. The molecule has 1 fully saturated rings. The molecule has 17 heavy (non-hydrogen) atoms. The molecule has 5 nitrogen and oxygen atoms in total. The van der Waals surface area contributed by atoms with Gasteiger partial charge in [0.2, 0.25) is 0 Å². The van der Waals surface area contributed by atoms with Crippen LogP contribution in [-0.2, 0) is 0 Å². The van der Waals surface area contributed by atoms with Crippen molar-refractivity contribution in [1.29, 1.82) is 5.41 Å². The largest absolute Gasteiger partial charge is 0.384 e. The SMILES string of the molecule is CCC1CCC(C)N1c1nnccc1C(=N)N. The summed E-state index contributed by atoms with van der Waals surface area (Å²) in [6, 6.07) is 2.69. The third-order valence-corrected chi connectivity index (χ3v) is 3.49. The van der Waals surface area contributed by atoms with E-state index < -0.39 is 0 Å². The normalized spacial score (nSPS) is 24.0. The first-order chi connectivity index (χ1) is 8.15. The van der Waals surface area contributed by atoms with E-state index in [9.17, 15) is 0 Å². The number of amidine groups is 1. The second-order valence-corrected chi connectivity index (χ2v) is 4.58. The molecule has 5 heteroatoms. The van der Waals surface area contributed by atoms with E-state index in [2.05, 4.69) is 28.9 Å². The molecule has 2 rings (SSSR count). The van der Waals surface area contributed by atoms with Gasteiger partial charge in [0.1, 0.15) is 5.84 Å². The highest BCUT2D eigenvalue weighted by Gasteiger charge is 2.32. The van der Waals surface area contributed by atoms with Gasteiger partial charge in [-0.15, -0.1) is 5.10 Å². The third-order valence-electron chi connectivity index (χ3n) is 3.49. The molecule has 2 heterocycles. The van der Waals surface area contributed by atoms with Gasteiger partial charge in [0.05, 0.1) is 11.8 Å². The van der Waals surface area contributed by atoms with Crippen molar-refractivity contribution in [2.75, 3.05) is 4.90 Å². The van der Waals surface area contributed by atoms with Crippen LogP contribution in [0.2, 0.25) is 0 Å². The number of nitrogen functional groups attached to an aromatic ring is 1. The Kier molecular flexibility index (Phi) is 3.26. The quantitative estimate of drug-likeness (QED) is 0.613. The van der Waals surface area contributed by atoms with Crippen LogP contribution in [0.5, 0.6) is 0 Å². The molecule has 0 aliphatic carbocycles. The van der Waals surface area contributed by atoms with E-state index in [1.54, 1.807) is 12.3 Å². The molecule has 0 aromatic carbocycles. The van der Waals surface area contributed by atoms with Gasteiger partial charge in [0.15, 0.2) is 5.82 Å². The van der Waals surface area contributed by atoms with Crippen molar-refractivity contribution >= 4 is 11.7 Å². The van der Waals surface area contributed by atoms with Gasteiger partial charge in [-0.25, -0.2) is 0 Å². The first-order valence-electron chi connectivity index (χ1n) is 6.09. The fraction of sp³-hybridized carbons (Fsp3) is 0.583. The Bertz CT molecular complexity index is 417. The van der Waals surface area contributed by atoms with Crippen LogP contribution >= 0.6 is 0 Å². The predicted molar refractivity (Wildman–Crippen MR) is 68.3 cm³/mol. The summed E-state index contributed by atoms with van der Waals surface area (Å²) < 4.78 is 0. The van der Waals surface area contributed by atoms with E-state index in [1.165, 1.54) is 6.42 Å². The molecule has 1 saturated heterocycles. The molecule has 0 radical (unpaired) electrons. The zero-order valence-corrected chi connectivity index (χ0v) is 10.3. The zero-order chi connectivity index (χ0) is 12.4. The first-order valence-corrected chi connectivity index (χ1v) is 6.09. The molecule has 2 unspecified atom stereocenters. The Balaban J connectivity index is 2.41. The number of nitrogens with two attached hydrogens (primary N) is 1. The van der Waals surface area contributed by atoms with Crippen molar-refractivity contribution in [2.24, 2.45) is 5.73 Å². The van der Waals surface area contributed by atoms with Gasteiger partial charge < -0.3 is 10.6 Å². The van der Waals surface area contributed by atoms with Crippen LogP contribution in [0.4, 0.5) is 5.82 Å². The number of nitrogens with zero attached hydrogens (tertiary/aromatic N) is 3. The maximum absolute atomic E-state index is 7.61. The molecule has 1 aliphatic heterocycles. The van der Waals surface area contributed by atoms with Gasteiger partial charge >= 0.3 is 0 Å². The molecule has 0 saturated carbocycles. The van der Waals surface area contributed by atoms with E-state index >= 15 is 0 Å². The summed E-state index contributed by atoms with van der Waals surface area (Å²) in [6.45, 7) is 4.37. The summed E-state index contributed by atoms with van der Waals surface area (Å²) in [6.07, 6.45) is 5.00. The molecule has 0 bridgehead atoms. The number of anilines is 1. The van der Waals surface area contributed by atoms with Gasteiger partial charge in [-0.3, -0.25) is 5.41 Å². The molecule has 1 aromatic heterocycles. The number of hydrogen-bond donors (Lipinski definition) is 2. The van der Waals surface area contributed by atoms with Crippen molar-refractivity contribution in [3.63, 3.8) is 0 Å². The molecule has 2 atom stereocenters. The summed E-state index contributed by atoms with van der Waals surface area (Å²) in [4.78, 5) is 2.27. The Labute approximate surface area is 102 Å². The summed E-state index contributed by atoms with van der Waals surface area (Å²) in [5.74, 6) is 0.820. The van der Waals surface area contributed by atoms with Gasteiger partial charge in [-0.1, -0.05) is 6.92 Å². The number of aromatic nitrogens is 2. The molecule has 3 N–H and O–H groups in total. The predicted octanol–water partition coefficient (Wildman–Crippen LogP) is 1.53. The molecule has 1 aromatic rings. The van der Waals surface area contributed by atoms with Crippen molar-refractivity contribution < 1.29 is 0 Å². The lowest BCUT2D eigenvalue weighted by Crippen LogP contribution is -2.36. The van der Waals surface area contributed by atoms with Crippen molar-refractivity contribution in [3.05, 3.63) is 17.8 Å². The lowest BCUT2D eigenvalue weighted by molar-refractivity contribution is 0.616. The summed E-state index contributed by atoms with van der Waals surface area (Å²) in [5.41, 5.74) is 6.29. The van der Waals surface area contributed by atoms with Crippen LogP contribution < -0.4 is 10.6 Å². The van der Waals surface area contributed by atoms with Crippen LogP contribution in [0.15, 0.2) is 12.3 Å². The molecule has 0 spiro atoms. The number of hydrogen-bond acceptors (Lipinski definition) is 4. The first kappa shape index (κ1) is 11.8. The van der Waals surface area contributed by atoms with Gasteiger partial charge in [-0.05, 0) is 32.3 Å². The van der Waals surface area contributed by atoms with Crippen LogP contribution in [0.25, 0.3) is 0 Å². The monoisotopic (exact) mass is 233 g/mol. The Morgan fingerprint density at radius 2 is 2.35 bits per heavy atom. The maximum atomic E-state index is 7.61. The van der Waals surface area contributed by atoms with E-state index in [4.69, 9.17) is 11.1 Å². The number of nitrogens with one attached hydrogen (secondary N) is 1. The number of rotatable bonds is 3. The molecular weight excluding hydrogens is 214 g/mol. The van der Waals surface area contributed by atoms with E-state index in [-0.39, 0.29) is 5.84 Å². The van der Waals surface area contributed by atoms with Crippen molar-refractivity contribution in [2.45, 2.75) is 45.2 Å². The lowest BCUT2D eigenvalue weighted by atomic mass is 10.1. The van der Waals surface area contributed by atoms with Crippen LogP contribution in [0.1, 0.15) is 38.7 Å². The second kappa shape index (κ2) is 4.69. The maximum Gasteiger partial charge on any atom is 0.162 e. The van der Waals surface area contributed by atoms with Gasteiger partial charge in [-0.2, -0.15) is 5.10 Å². The third kappa shape index (κ3) is 2.09. The smallest absolute Gasteiger partial charge is 0.162 e. The van der Waals surface area contributed by atoms with Crippen LogP contribution in [-0.4, -0.2) is 28.1 Å². The Morgan fingerprint density at radius 3 is 3.00 bits per heavy atom. The Hall–Kier alpha value is -1.65. The summed E-state index contributed by atoms with van der Waals surface area (Å²) in [7, 11) is 0. The highest BCUT2D eigenvalue weighted by molar-refractivity contribution is 5.99. The van der Waals surface area contributed by atoms with E-state index in [1.807, 2.05) is 0 Å². The highest BCUT2D eigenvalue weighted by Crippen LogP contribution is 2.32.